The minimum atomic E-state index is -0.448. The molecule has 17 heavy (non-hydrogen) atoms. The van der Waals surface area contributed by atoms with Gasteiger partial charge in [0.2, 0.25) is 0 Å². The number of rotatable bonds is 1. The molecule has 0 bridgehead atoms. The summed E-state index contributed by atoms with van der Waals surface area (Å²) < 4.78 is 14.3. The van der Waals surface area contributed by atoms with Gasteiger partial charge in [-0.25, -0.2) is 4.39 Å². The molecular formula is C13H15BrFNO. The first-order chi connectivity index (χ1) is 8.08. The van der Waals surface area contributed by atoms with Crippen molar-refractivity contribution in [3.63, 3.8) is 0 Å². The number of hydrogen-bond acceptors (Lipinski definition) is 1. The quantitative estimate of drug-likeness (QED) is 0.778. The zero-order valence-electron chi connectivity index (χ0n) is 9.75. The van der Waals surface area contributed by atoms with E-state index in [1.54, 1.807) is 17.0 Å². The van der Waals surface area contributed by atoms with Crippen molar-refractivity contribution in [1.29, 1.82) is 0 Å². The Labute approximate surface area is 109 Å². The Kier molecular flexibility index (Phi) is 3.82. The van der Waals surface area contributed by atoms with Gasteiger partial charge >= 0.3 is 0 Å². The van der Waals surface area contributed by atoms with Gasteiger partial charge in [0.15, 0.2) is 0 Å². The molecule has 0 radical (unpaired) electrons. The Morgan fingerprint density at radius 2 is 2.29 bits per heavy atom. The molecule has 1 aromatic carbocycles. The van der Waals surface area contributed by atoms with Gasteiger partial charge in [-0.15, -0.1) is 0 Å². The molecule has 1 aliphatic rings. The number of nitrogens with zero attached hydrogens (tertiary/aromatic N) is 1. The van der Waals surface area contributed by atoms with Crippen molar-refractivity contribution >= 4 is 21.8 Å². The summed E-state index contributed by atoms with van der Waals surface area (Å²) in [6.45, 7) is 3.58. The molecule has 0 saturated carbocycles. The second kappa shape index (κ2) is 5.17. The largest absolute Gasteiger partial charge is 0.338 e. The highest BCUT2D eigenvalue weighted by Crippen LogP contribution is 2.21. The van der Waals surface area contributed by atoms with Crippen LogP contribution in [0.5, 0.6) is 0 Å². The molecule has 4 heteroatoms. The van der Waals surface area contributed by atoms with Crippen LogP contribution in [0.15, 0.2) is 22.7 Å². The summed E-state index contributed by atoms with van der Waals surface area (Å²) in [4.78, 5) is 13.9. The van der Waals surface area contributed by atoms with Crippen molar-refractivity contribution in [2.24, 2.45) is 5.92 Å². The van der Waals surface area contributed by atoms with Crippen LogP contribution >= 0.6 is 15.9 Å². The molecule has 0 N–H and O–H groups in total. The molecule has 2 rings (SSSR count). The van der Waals surface area contributed by atoms with Crippen LogP contribution in [0, 0.1) is 11.7 Å². The highest BCUT2D eigenvalue weighted by atomic mass is 79.9. The van der Waals surface area contributed by atoms with Crippen molar-refractivity contribution < 1.29 is 9.18 Å². The highest BCUT2D eigenvalue weighted by molar-refractivity contribution is 9.10. The second-order valence-electron chi connectivity index (χ2n) is 4.62. The van der Waals surface area contributed by atoms with Crippen LogP contribution < -0.4 is 0 Å². The molecule has 1 unspecified atom stereocenters. The van der Waals surface area contributed by atoms with E-state index in [4.69, 9.17) is 0 Å². The predicted molar refractivity (Wildman–Crippen MR) is 68.4 cm³/mol. The molecule has 1 aromatic rings. The summed E-state index contributed by atoms with van der Waals surface area (Å²) in [5.41, 5.74) is 0.161. The lowest BCUT2D eigenvalue weighted by molar-refractivity contribution is 0.0678. The summed E-state index contributed by atoms with van der Waals surface area (Å²) in [6.07, 6.45) is 2.15. The third kappa shape index (κ3) is 2.86. The Bertz CT molecular complexity index is 435. The number of halogens is 2. The van der Waals surface area contributed by atoms with Crippen LogP contribution in [0.25, 0.3) is 0 Å². The van der Waals surface area contributed by atoms with Crippen LogP contribution in [-0.2, 0) is 0 Å². The average molecular weight is 300 g/mol. The van der Waals surface area contributed by atoms with Crippen LogP contribution in [-0.4, -0.2) is 23.9 Å². The Morgan fingerprint density at radius 3 is 3.00 bits per heavy atom. The monoisotopic (exact) mass is 299 g/mol. The van der Waals surface area contributed by atoms with E-state index < -0.39 is 5.82 Å². The smallest absolute Gasteiger partial charge is 0.256 e. The first-order valence-corrected chi connectivity index (χ1v) is 6.61. The first-order valence-electron chi connectivity index (χ1n) is 5.82. The van der Waals surface area contributed by atoms with Crippen LogP contribution in [0.1, 0.15) is 30.1 Å². The van der Waals surface area contributed by atoms with E-state index in [0.29, 0.717) is 5.92 Å². The molecule has 1 fully saturated rings. The van der Waals surface area contributed by atoms with Crippen LogP contribution in [0.3, 0.4) is 0 Å². The molecular weight excluding hydrogens is 285 g/mol. The molecule has 1 heterocycles. The zero-order chi connectivity index (χ0) is 12.4. The summed E-state index contributed by atoms with van der Waals surface area (Å²) in [5.74, 6) is -0.144. The lowest BCUT2D eigenvalue weighted by atomic mass is 9.99. The molecule has 0 aliphatic carbocycles. The predicted octanol–water partition coefficient (Wildman–Crippen LogP) is 3.46. The number of hydrogen-bond donors (Lipinski definition) is 0. The number of carbonyl (C=O) groups is 1. The van der Waals surface area contributed by atoms with Crippen molar-refractivity contribution in [2.45, 2.75) is 19.8 Å². The fourth-order valence-corrected chi connectivity index (χ4v) is 2.57. The molecule has 92 valence electrons. The molecule has 1 saturated heterocycles. The van der Waals surface area contributed by atoms with E-state index >= 15 is 0 Å². The van der Waals surface area contributed by atoms with Crippen LogP contribution in [0.4, 0.5) is 4.39 Å². The number of piperidine rings is 1. The minimum Gasteiger partial charge on any atom is -0.338 e. The van der Waals surface area contributed by atoms with Gasteiger partial charge < -0.3 is 4.90 Å². The third-order valence-electron chi connectivity index (χ3n) is 3.10. The maximum atomic E-state index is 13.6. The Morgan fingerprint density at radius 1 is 1.53 bits per heavy atom. The van der Waals surface area contributed by atoms with Gasteiger partial charge in [-0.3, -0.25) is 4.79 Å². The van der Waals surface area contributed by atoms with Crippen molar-refractivity contribution in [3.05, 3.63) is 34.1 Å². The summed E-state index contributed by atoms with van der Waals surface area (Å²) in [6, 6.07) is 4.48. The first kappa shape index (κ1) is 12.6. The summed E-state index contributed by atoms with van der Waals surface area (Å²) in [5, 5.41) is 0. The normalized spacial score (nSPS) is 20.4. The number of likely N-dealkylation sites (tertiary alicyclic amines) is 1. The van der Waals surface area contributed by atoms with E-state index in [2.05, 4.69) is 22.9 Å². The number of amides is 1. The molecule has 1 atom stereocenters. The van der Waals surface area contributed by atoms with Gasteiger partial charge in [-0.2, -0.15) is 0 Å². The molecule has 0 spiro atoms. The molecule has 1 aliphatic heterocycles. The summed E-state index contributed by atoms with van der Waals surface area (Å²) in [7, 11) is 0. The SMILES string of the molecule is CC1CCCN(C(=O)c2cc(Br)ccc2F)C1. The van der Waals surface area contributed by atoms with E-state index in [9.17, 15) is 9.18 Å². The second-order valence-corrected chi connectivity index (χ2v) is 5.54. The van der Waals surface area contributed by atoms with Gasteiger partial charge in [0.1, 0.15) is 5.82 Å². The zero-order valence-corrected chi connectivity index (χ0v) is 11.3. The van der Waals surface area contributed by atoms with E-state index in [0.717, 1.165) is 30.4 Å². The lowest BCUT2D eigenvalue weighted by Gasteiger charge is -2.31. The van der Waals surface area contributed by atoms with Crippen molar-refractivity contribution in [2.75, 3.05) is 13.1 Å². The average Bonchev–Trinajstić information content (AvgIpc) is 2.31. The minimum absolute atomic E-state index is 0.161. The van der Waals surface area contributed by atoms with E-state index in [-0.39, 0.29) is 11.5 Å². The van der Waals surface area contributed by atoms with Crippen molar-refractivity contribution in [3.8, 4) is 0 Å². The van der Waals surface area contributed by atoms with Crippen molar-refractivity contribution in [1.82, 2.24) is 4.90 Å². The third-order valence-corrected chi connectivity index (χ3v) is 3.60. The van der Waals surface area contributed by atoms with Gasteiger partial charge in [0.25, 0.3) is 5.91 Å². The molecule has 1 amide bonds. The maximum Gasteiger partial charge on any atom is 0.256 e. The lowest BCUT2D eigenvalue weighted by Crippen LogP contribution is -2.39. The standard InChI is InChI=1S/C13H15BrFNO/c1-9-3-2-6-16(8-9)13(17)11-7-10(14)4-5-12(11)15/h4-5,7,9H,2-3,6,8H2,1H3. The molecule has 0 aromatic heterocycles. The maximum absolute atomic E-state index is 13.6. The number of carbonyl (C=O) groups excluding carboxylic acids is 1. The molecule has 2 nitrogen and oxygen atoms in total. The number of benzene rings is 1. The van der Waals surface area contributed by atoms with Crippen LogP contribution in [0.2, 0.25) is 0 Å². The summed E-state index contributed by atoms with van der Waals surface area (Å²) >= 11 is 3.26. The van der Waals surface area contributed by atoms with E-state index in [1.165, 1.54) is 6.07 Å². The highest BCUT2D eigenvalue weighted by Gasteiger charge is 2.24. The fourth-order valence-electron chi connectivity index (χ4n) is 2.21. The fraction of sp³-hybridized carbons (Fsp3) is 0.462. The van der Waals surface area contributed by atoms with Gasteiger partial charge in [-0.05, 0) is 37.0 Å². The van der Waals surface area contributed by atoms with Gasteiger partial charge in [-0.1, -0.05) is 22.9 Å². The topological polar surface area (TPSA) is 20.3 Å². The Balaban J connectivity index is 2.21. The Hall–Kier alpha value is -0.900. The van der Waals surface area contributed by atoms with E-state index in [1.807, 2.05) is 0 Å². The van der Waals surface area contributed by atoms with Gasteiger partial charge in [0, 0.05) is 17.6 Å². The van der Waals surface area contributed by atoms with Gasteiger partial charge in [0.05, 0.1) is 5.56 Å².